The predicted octanol–water partition coefficient (Wildman–Crippen LogP) is 6.21. The Balaban J connectivity index is 1.11. The van der Waals surface area contributed by atoms with E-state index in [0.717, 1.165) is 5.92 Å². The molecule has 42 heavy (non-hydrogen) atoms. The zero-order valence-electron chi connectivity index (χ0n) is 25.6. The number of amides is 1. The molecule has 13 unspecified atom stereocenters. The van der Waals surface area contributed by atoms with Crippen molar-refractivity contribution in [1.29, 1.82) is 0 Å². The minimum Gasteiger partial charge on any atom is -0.362 e. The van der Waals surface area contributed by atoms with Crippen molar-refractivity contribution >= 4 is 11.6 Å². The lowest BCUT2D eigenvalue weighted by molar-refractivity contribution is -0.231. The van der Waals surface area contributed by atoms with Gasteiger partial charge in [-0.25, -0.2) is 0 Å². The second-order valence-corrected chi connectivity index (χ2v) is 16.1. The van der Waals surface area contributed by atoms with Gasteiger partial charge in [-0.3, -0.25) is 14.6 Å². The molecule has 226 valence electrons. The Morgan fingerprint density at radius 1 is 0.452 bits per heavy atom. The highest BCUT2D eigenvalue weighted by Gasteiger charge is 2.68. The molecule has 5 saturated carbocycles. The van der Waals surface area contributed by atoms with E-state index in [1.165, 1.54) is 115 Å². The van der Waals surface area contributed by atoms with Gasteiger partial charge in [0.05, 0.1) is 6.04 Å². The monoisotopic (exact) mass is 568 g/mol. The Bertz CT molecular complexity index is 1210. The summed E-state index contributed by atoms with van der Waals surface area (Å²) in [6, 6.07) is 17.7. The summed E-state index contributed by atoms with van der Waals surface area (Å²) in [7, 11) is 0. The Morgan fingerprint density at radius 2 is 0.976 bits per heavy atom. The molecule has 5 aliphatic carbocycles. The van der Waals surface area contributed by atoms with Crippen LogP contribution in [0.15, 0.2) is 30.3 Å². The van der Waals surface area contributed by atoms with Crippen molar-refractivity contribution in [2.75, 3.05) is 4.90 Å². The molecule has 5 heteroatoms. The zero-order valence-corrected chi connectivity index (χ0v) is 25.6. The summed E-state index contributed by atoms with van der Waals surface area (Å²) in [6.45, 7) is 0. The fourth-order valence-electron chi connectivity index (χ4n) is 13.8. The summed E-state index contributed by atoms with van der Waals surface area (Å²) >= 11 is 0. The van der Waals surface area contributed by atoms with Crippen LogP contribution in [0.25, 0.3) is 0 Å². The number of hydrogen-bond donors (Lipinski definition) is 0. The molecule has 4 aliphatic heterocycles. The largest absolute Gasteiger partial charge is 0.362 e. The standard InChI is InChI=1S/C37H52N4O/c42-37-26-14-5-4-13-24(26)25-15-8-18-29-34(25)41(37)33-22-10-20-31-36(33)40(29)32-21-9-19-30-35(32)39(31)28-17-7-6-16-27(28)38(30)23-11-2-1-3-12-23/h1-3,11-12,24-36H,4-10,13-22H2. The van der Waals surface area contributed by atoms with Crippen molar-refractivity contribution in [3.05, 3.63) is 30.3 Å². The van der Waals surface area contributed by atoms with Gasteiger partial charge in [-0.2, -0.15) is 0 Å². The number of carbonyl (C=O) groups excluding carboxylic acids is 1. The van der Waals surface area contributed by atoms with Crippen LogP contribution in [0.3, 0.4) is 0 Å². The van der Waals surface area contributed by atoms with Gasteiger partial charge in [-0.15, -0.1) is 0 Å². The maximum absolute atomic E-state index is 14.6. The van der Waals surface area contributed by atoms with Crippen molar-refractivity contribution in [3.63, 3.8) is 0 Å². The fraction of sp³-hybridized carbons (Fsp3) is 0.811. The van der Waals surface area contributed by atoms with E-state index in [2.05, 4.69) is 49.9 Å². The molecule has 5 nitrogen and oxygen atoms in total. The van der Waals surface area contributed by atoms with Crippen LogP contribution in [0.4, 0.5) is 5.69 Å². The molecule has 0 bridgehead atoms. The van der Waals surface area contributed by atoms with Crippen molar-refractivity contribution in [3.8, 4) is 0 Å². The van der Waals surface area contributed by atoms with Gasteiger partial charge in [0.1, 0.15) is 0 Å². The van der Waals surface area contributed by atoms with Crippen LogP contribution in [0.2, 0.25) is 0 Å². The van der Waals surface area contributed by atoms with E-state index in [0.29, 0.717) is 78.2 Å². The summed E-state index contributed by atoms with van der Waals surface area (Å²) in [5, 5.41) is 0. The van der Waals surface area contributed by atoms with Gasteiger partial charge < -0.3 is 9.80 Å². The molecule has 0 spiro atoms. The second kappa shape index (κ2) is 9.70. The maximum Gasteiger partial charge on any atom is 0.226 e. The molecule has 4 saturated heterocycles. The first-order chi connectivity index (χ1) is 20.8. The molecular formula is C37H52N4O. The number of nitrogens with zero attached hydrogens (tertiary/aromatic N) is 4. The predicted molar refractivity (Wildman–Crippen MR) is 166 cm³/mol. The molecule has 1 amide bonds. The first-order valence-corrected chi connectivity index (χ1v) is 18.5. The number of piperidine rings is 1. The van der Waals surface area contributed by atoms with Crippen molar-refractivity contribution < 1.29 is 4.79 Å². The Morgan fingerprint density at radius 3 is 1.74 bits per heavy atom. The molecule has 13 atom stereocenters. The van der Waals surface area contributed by atoms with E-state index < -0.39 is 0 Å². The molecule has 10 rings (SSSR count). The minimum atomic E-state index is 0.346. The van der Waals surface area contributed by atoms with Gasteiger partial charge >= 0.3 is 0 Å². The summed E-state index contributed by atoms with van der Waals surface area (Å²) in [4.78, 5) is 26.7. The van der Waals surface area contributed by atoms with Crippen LogP contribution >= 0.6 is 0 Å². The van der Waals surface area contributed by atoms with E-state index >= 15 is 0 Å². The molecule has 1 aromatic rings. The molecule has 9 aliphatic rings. The summed E-state index contributed by atoms with van der Waals surface area (Å²) in [5.41, 5.74) is 1.49. The highest BCUT2D eigenvalue weighted by molar-refractivity contribution is 5.81. The Hall–Kier alpha value is -1.59. The maximum atomic E-state index is 14.6. The van der Waals surface area contributed by atoms with Crippen LogP contribution in [-0.4, -0.2) is 81.0 Å². The Labute approximate surface area is 253 Å². The van der Waals surface area contributed by atoms with Gasteiger partial charge in [-0.1, -0.05) is 50.3 Å². The smallest absolute Gasteiger partial charge is 0.226 e. The van der Waals surface area contributed by atoms with E-state index in [1.54, 1.807) is 0 Å². The highest BCUT2D eigenvalue weighted by Crippen LogP contribution is 2.58. The first kappa shape index (κ1) is 25.7. The van der Waals surface area contributed by atoms with Crippen LogP contribution in [-0.2, 0) is 4.79 Å². The lowest BCUT2D eigenvalue weighted by Crippen LogP contribution is -2.88. The van der Waals surface area contributed by atoms with Crippen LogP contribution < -0.4 is 4.90 Å². The van der Waals surface area contributed by atoms with Gasteiger partial charge in [-0.05, 0) is 101 Å². The van der Waals surface area contributed by atoms with Crippen LogP contribution in [0, 0.1) is 17.8 Å². The number of benzene rings is 1. The Kier molecular flexibility index (Phi) is 5.94. The highest BCUT2D eigenvalue weighted by atomic mass is 16.2. The number of carbonyl (C=O) groups is 1. The molecule has 0 aromatic heterocycles. The van der Waals surface area contributed by atoms with E-state index in [4.69, 9.17) is 0 Å². The summed E-state index contributed by atoms with van der Waals surface area (Å²) in [5.74, 6) is 2.41. The first-order valence-electron chi connectivity index (χ1n) is 18.5. The molecule has 0 N–H and O–H groups in total. The average Bonchev–Trinajstić information content (AvgIpc) is 3.05. The second-order valence-electron chi connectivity index (χ2n) is 16.1. The van der Waals surface area contributed by atoms with E-state index in [-0.39, 0.29) is 0 Å². The van der Waals surface area contributed by atoms with Crippen molar-refractivity contribution in [2.45, 2.75) is 170 Å². The van der Waals surface area contributed by atoms with Gasteiger partial charge in [0.2, 0.25) is 5.91 Å². The number of piperazine rings is 3. The van der Waals surface area contributed by atoms with Gasteiger partial charge in [0.15, 0.2) is 0 Å². The van der Waals surface area contributed by atoms with Gasteiger partial charge in [0.25, 0.3) is 0 Å². The summed E-state index contributed by atoms with van der Waals surface area (Å²) < 4.78 is 0. The van der Waals surface area contributed by atoms with Gasteiger partial charge in [0, 0.05) is 66.0 Å². The molecule has 1 aromatic carbocycles. The van der Waals surface area contributed by atoms with Crippen molar-refractivity contribution in [1.82, 2.24) is 14.7 Å². The number of fused-ring (bicyclic) bond motifs is 8. The summed E-state index contributed by atoms with van der Waals surface area (Å²) in [6.07, 6.45) is 22.8. The molecule has 9 fully saturated rings. The van der Waals surface area contributed by atoms with Crippen LogP contribution in [0.5, 0.6) is 0 Å². The lowest BCUT2D eigenvalue weighted by Gasteiger charge is -2.75. The third kappa shape index (κ3) is 3.36. The third-order valence-corrected chi connectivity index (χ3v) is 14.7. The van der Waals surface area contributed by atoms with E-state index in [9.17, 15) is 4.79 Å². The quantitative estimate of drug-likeness (QED) is 0.403. The molecule has 0 radical (unpaired) electrons. The molecule has 4 heterocycles. The lowest BCUT2D eigenvalue weighted by atomic mass is 9.57. The van der Waals surface area contributed by atoms with E-state index in [1.807, 2.05) is 0 Å². The minimum absolute atomic E-state index is 0.346. The SMILES string of the molecule is O=C1C2CCCCC2C2CCCC3C2N1C1CCCC2C1N3C1CCCC3C1N2C1CCCCC1N3c1ccccc1. The topological polar surface area (TPSA) is 30.0 Å². The average molecular weight is 569 g/mol. The van der Waals surface area contributed by atoms with Crippen LogP contribution in [0.1, 0.15) is 109 Å². The fourth-order valence-corrected chi connectivity index (χ4v) is 13.8. The number of anilines is 1. The number of hydrogen-bond acceptors (Lipinski definition) is 4. The zero-order chi connectivity index (χ0) is 27.5. The third-order valence-electron chi connectivity index (χ3n) is 14.7. The van der Waals surface area contributed by atoms with Crippen molar-refractivity contribution in [2.24, 2.45) is 17.8 Å². The molecular weight excluding hydrogens is 516 g/mol. The number of rotatable bonds is 1. The normalized spacial score (nSPS) is 49.7. The number of para-hydroxylation sites is 1.